The molecule has 0 fully saturated rings. The van der Waals surface area contributed by atoms with E-state index in [1.54, 1.807) is 0 Å². The van der Waals surface area contributed by atoms with Crippen molar-refractivity contribution in [1.29, 1.82) is 0 Å². The summed E-state index contributed by atoms with van der Waals surface area (Å²) in [6, 6.07) is 0. The number of ether oxygens (including phenoxy) is 3. The molecule has 0 aliphatic rings. The van der Waals surface area contributed by atoms with Crippen molar-refractivity contribution in [2.24, 2.45) is 0 Å². The van der Waals surface area contributed by atoms with Crippen molar-refractivity contribution in [3.63, 3.8) is 0 Å². The zero-order chi connectivity index (χ0) is 11.7. The van der Waals surface area contributed by atoms with Crippen LogP contribution < -0.4 is 0 Å². The highest BCUT2D eigenvalue weighted by atomic mass is 16.7. The number of likely N-dealkylation sites (N-methyl/N-ethyl adjacent to an activating group) is 1. The van der Waals surface area contributed by atoms with E-state index in [-0.39, 0.29) is 0 Å². The highest BCUT2D eigenvalue weighted by Gasteiger charge is 2.17. The van der Waals surface area contributed by atoms with Crippen LogP contribution in [0.2, 0.25) is 0 Å². The van der Waals surface area contributed by atoms with Crippen molar-refractivity contribution >= 4 is 0 Å². The van der Waals surface area contributed by atoms with Crippen LogP contribution in [0.5, 0.6) is 0 Å². The number of rotatable bonds is 9. The third kappa shape index (κ3) is 10.1. The minimum atomic E-state index is -0.500. The van der Waals surface area contributed by atoms with Gasteiger partial charge in [0.15, 0.2) is 5.79 Å². The van der Waals surface area contributed by atoms with Gasteiger partial charge >= 0.3 is 0 Å². The molecule has 0 atom stereocenters. The molecule has 0 bridgehead atoms. The molecule has 92 valence electrons. The minimum Gasteiger partial charge on any atom is -0.378 e. The molecule has 0 aliphatic carbocycles. The maximum Gasteiger partial charge on any atom is 0.162 e. The molecule has 0 aromatic carbocycles. The number of nitrogens with zero attached hydrogens (tertiary/aromatic N) is 1. The molecule has 0 radical (unpaired) electrons. The molecule has 0 aromatic heterocycles. The van der Waals surface area contributed by atoms with Crippen LogP contribution in [0.25, 0.3) is 0 Å². The van der Waals surface area contributed by atoms with Crippen LogP contribution in [0.15, 0.2) is 0 Å². The van der Waals surface area contributed by atoms with E-state index in [9.17, 15) is 0 Å². The Balaban J connectivity index is 3.30. The number of hydrogen-bond donors (Lipinski definition) is 0. The Hall–Kier alpha value is -0.160. The average Bonchev–Trinajstić information content (AvgIpc) is 2.10. The third-order valence-corrected chi connectivity index (χ3v) is 1.85. The molecule has 0 heterocycles. The predicted octanol–water partition coefficient (Wildman–Crippen LogP) is 1.35. The normalized spacial score (nSPS) is 12.4. The van der Waals surface area contributed by atoms with Crippen molar-refractivity contribution in [2.45, 2.75) is 26.6 Å². The largest absolute Gasteiger partial charge is 0.378 e. The van der Waals surface area contributed by atoms with Crippen molar-refractivity contribution < 1.29 is 14.2 Å². The van der Waals surface area contributed by atoms with E-state index in [2.05, 4.69) is 4.90 Å². The number of hydrogen-bond acceptors (Lipinski definition) is 4. The average molecular weight is 219 g/mol. The summed E-state index contributed by atoms with van der Waals surface area (Å²) in [4.78, 5) is 2.09. The first-order chi connectivity index (χ1) is 6.98. The standard InChI is InChI=1S/C11H25NO3/c1-6-14-11(2,3)15-10-9-13-8-7-12(4)5/h6-10H2,1-5H3. The summed E-state index contributed by atoms with van der Waals surface area (Å²) in [6.07, 6.45) is 0. The van der Waals surface area contributed by atoms with Gasteiger partial charge in [0.2, 0.25) is 0 Å². The summed E-state index contributed by atoms with van der Waals surface area (Å²) in [6.45, 7) is 9.31. The van der Waals surface area contributed by atoms with Gasteiger partial charge in [-0.1, -0.05) is 0 Å². The van der Waals surface area contributed by atoms with Gasteiger partial charge in [-0.2, -0.15) is 0 Å². The van der Waals surface area contributed by atoms with Crippen molar-refractivity contribution in [2.75, 3.05) is 47.1 Å². The molecule has 0 saturated carbocycles. The Bertz CT molecular complexity index is 149. The zero-order valence-corrected chi connectivity index (χ0v) is 10.7. The van der Waals surface area contributed by atoms with Gasteiger partial charge in [0.1, 0.15) is 0 Å². The summed E-state index contributed by atoms with van der Waals surface area (Å²) in [5.41, 5.74) is 0. The van der Waals surface area contributed by atoms with Crippen molar-refractivity contribution in [3.05, 3.63) is 0 Å². The Labute approximate surface area is 93.5 Å². The predicted molar refractivity (Wildman–Crippen MR) is 61.0 cm³/mol. The maximum absolute atomic E-state index is 5.52. The molecular formula is C11H25NO3. The van der Waals surface area contributed by atoms with Crippen molar-refractivity contribution in [3.8, 4) is 0 Å². The van der Waals surface area contributed by atoms with Gasteiger partial charge < -0.3 is 19.1 Å². The van der Waals surface area contributed by atoms with Crippen LogP contribution in [-0.2, 0) is 14.2 Å². The first kappa shape index (κ1) is 14.8. The fourth-order valence-corrected chi connectivity index (χ4v) is 1.08. The van der Waals surface area contributed by atoms with Gasteiger partial charge in [0.05, 0.1) is 19.8 Å². The fraction of sp³-hybridized carbons (Fsp3) is 1.00. The minimum absolute atomic E-state index is 0.500. The molecule has 0 amide bonds. The molecule has 0 unspecified atom stereocenters. The molecular weight excluding hydrogens is 194 g/mol. The first-order valence-electron chi connectivity index (χ1n) is 5.48. The van der Waals surface area contributed by atoms with Crippen LogP contribution in [0.3, 0.4) is 0 Å². The van der Waals surface area contributed by atoms with Gasteiger partial charge in [-0.25, -0.2) is 0 Å². The van der Waals surface area contributed by atoms with E-state index in [0.29, 0.717) is 19.8 Å². The molecule has 0 saturated heterocycles. The monoisotopic (exact) mass is 219 g/mol. The van der Waals surface area contributed by atoms with E-state index in [4.69, 9.17) is 14.2 Å². The summed E-state index contributed by atoms with van der Waals surface area (Å²) in [5, 5.41) is 0. The molecule has 4 heteroatoms. The lowest BCUT2D eigenvalue weighted by molar-refractivity contribution is -0.215. The zero-order valence-electron chi connectivity index (χ0n) is 10.7. The summed E-state index contributed by atoms with van der Waals surface area (Å²) in [5.74, 6) is -0.500. The van der Waals surface area contributed by atoms with Gasteiger partial charge in [-0.3, -0.25) is 0 Å². The summed E-state index contributed by atoms with van der Waals surface area (Å²) in [7, 11) is 4.05. The van der Waals surface area contributed by atoms with Crippen LogP contribution >= 0.6 is 0 Å². The highest BCUT2D eigenvalue weighted by molar-refractivity contribution is 4.52. The maximum atomic E-state index is 5.52. The Kier molecular flexibility index (Phi) is 7.96. The molecule has 0 N–H and O–H groups in total. The topological polar surface area (TPSA) is 30.9 Å². The second-order valence-electron chi connectivity index (χ2n) is 4.10. The Morgan fingerprint density at radius 3 is 2.20 bits per heavy atom. The Morgan fingerprint density at radius 2 is 1.67 bits per heavy atom. The Morgan fingerprint density at radius 1 is 1.00 bits per heavy atom. The lowest BCUT2D eigenvalue weighted by Crippen LogP contribution is -2.30. The molecule has 0 aliphatic heterocycles. The summed E-state index contributed by atoms with van der Waals surface area (Å²) >= 11 is 0. The van der Waals surface area contributed by atoms with Gasteiger partial charge in [-0.05, 0) is 34.9 Å². The van der Waals surface area contributed by atoms with E-state index >= 15 is 0 Å². The van der Waals surface area contributed by atoms with Gasteiger partial charge in [-0.15, -0.1) is 0 Å². The summed E-state index contributed by atoms with van der Waals surface area (Å²) < 4.78 is 16.3. The fourth-order valence-electron chi connectivity index (χ4n) is 1.08. The van der Waals surface area contributed by atoms with Crippen LogP contribution in [-0.4, -0.2) is 57.8 Å². The van der Waals surface area contributed by atoms with Crippen LogP contribution in [0, 0.1) is 0 Å². The first-order valence-corrected chi connectivity index (χ1v) is 5.48. The molecule has 4 nitrogen and oxygen atoms in total. The molecule has 0 aromatic rings. The molecule has 0 rings (SSSR count). The van der Waals surface area contributed by atoms with Crippen LogP contribution in [0.4, 0.5) is 0 Å². The second kappa shape index (κ2) is 8.05. The van der Waals surface area contributed by atoms with E-state index < -0.39 is 5.79 Å². The lowest BCUT2D eigenvalue weighted by atomic mass is 10.4. The van der Waals surface area contributed by atoms with E-state index in [1.165, 1.54) is 0 Å². The van der Waals surface area contributed by atoms with Crippen LogP contribution in [0.1, 0.15) is 20.8 Å². The highest BCUT2D eigenvalue weighted by Crippen LogP contribution is 2.09. The molecule has 0 spiro atoms. The third-order valence-electron chi connectivity index (χ3n) is 1.85. The quantitative estimate of drug-likeness (QED) is 0.433. The SMILES string of the molecule is CCOC(C)(C)OCCOCCN(C)C. The van der Waals surface area contributed by atoms with E-state index in [1.807, 2.05) is 34.9 Å². The van der Waals surface area contributed by atoms with Gasteiger partial charge in [0, 0.05) is 13.2 Å². The smallest absolute Gasteiger partial charge is 0.162 e. The second-order valence-corrected chi connectivity index (χ2v) is 4.10. The van der Waals surface area contributed by atoms with Crippen molar-refractivity contribution in [1.82, 2.24) is 4.90 Å². The molecule has 15 heavy (non-hydrogen) atoms. The lowest BCUT2D eigenvalue weighted by Gasteiger charge is -2.24. The van der Waals surface area contributed by atoms with E-state index in [0.717, 1.165) is 13.2 Å². The van der Waals surface area contributed by atoms with Gasteiger partial charge in [0.25, 0.3) is 0 Å².